The lowest BCUT2D eigenvalue weighted by atomic mass is 10.2. The number of benzene rings is 2. The van der Waals surface area contributed by atoms with Crippen LogP contribution in [0, 0.1) is 5.82 Å². The van der Waals surface area contributed by atoms with E-state index in [0.29, 0.717) is 17.4 Å². The standard InChI is InChI=1S/C16H12BrFN2OS/c17-10-5-6-12(18)11(9-10)16(21)19-8-7-15-20-13-3-1-2-4-14(13)22-15/h1-6,9H,7-8H2,(H,19,21). The predicted molar refractivity (Wildman–Crippen MR) is 89.8 cm³/mol. The number of halogens is 2. The molecular formula is C16H12BrFN2OS. The lowest BCUT2D eigenvalue weighted by Crippen LogP contribution is -2.26. The fourth-order valence-electron chi connectivity index (χ4n) is 2.08. The second-order valence-electron chi connectivity index (χ2n) is 4.71. The number of hydrogen-bond acceptors (Lipinski definition) is 3. The van der Waals surface area contributed by atoms with E-state index in [4.69, 9.17) is 0 Å². The van der Waals surface area contributed by atoms with Gasteiger partial charge in [0.05, 0.1) is 20.8 Å². The van der Waals surface area contributed by atoms with Crippen LogP contribution in [0.15, 0.2) is 46.9 Å². The number of fused-ring (bicyclic) bond motifs is 1. The SMILES string of the molecule is O=C(NCCc1nc2ccccc2s1)c1cc(Br)ccc1F. The topological polar surface area (TPSA) is 42.0 Å². The number of nitrogens with zero attached hydrogens (tertiary/aromatic N) is 1. The fraction of sp³-hybridized carbons (Fsp3) is 0.125. The number of thiazole rings is 1. The third-order valence-electron chi connectivity index (χ3n) is 3.14. The zero-order valence-corrected chi connectivity index (χ0v) is 13.9. The summed E-state index contributed by atoms with van der Waals surface area (Å²) in [4.78, 5) is 16.5. The molecule has 1 aromatic heterocycles. The maximum Gasteiger partial charge on any atom is 0.254 e. The molecule has 1 heterocycles. The van der Waals surface area contributed by atoms with Gasteiger partial charge in [0, 0.05) is 17.4 Å². The van der Waals surface area contributed by atoms with E-state index in [1.165, 1.54) is 12.1 Å². The first kappa shape index (κ1) is 15.1. The van der Waals surface area contributed by atoms with E-state index in [-0.39, 0.29) is 5.56 Å². The first-order chi connectivity index (χ1) is 10.6. The summed E-state index contributed by atoms with van der Waals surface area (Å²) in [6.07, 6.45) is 0.626. The van der Waals surface area contributed by atoms with Gasteiger partial charge in [-0.15, -0.1) is 11.3 Å². The largest absolute Gasteiger partial charge is 0.352 e. The monoisotopic (exact) mass is 378 g/mol. The molecule has 1 N–H and O–H groups in total. The molecule has 3 nitrogen and oxygen atoms in total. The molecule has 2 aromatic carbocycles. The highest BCUT2D eigenvalue weighted by atomic mass is 79.9. The van der Waals surface area contributed by atoms with Gasteiger partial charge in [-0.1, -0.05) is 28.1 Å². The van der Waals surface area contributed by atoms with Gasteiger partial charge in [-0.3, -0.25) is 4.79 Å². The summed E-state index contributed by atoms with van der Waals surface area (Å²) in [5.41, 5.74) is 1.01. The van der Waals surface area contributed by atoms with Crippen LogP contribution in [0.2, 0.25) is 0 Å². The van der Waals surface area contributed by atoms with Gasteiger partial charge in [0.15, 0.2) is 0 Å². The van der Waals surface area contributed by atoms with Crippen molar-refractivity contribution in [1.29, 1.82) is 0 Å². The van der Waals surface area contributed by atoms with Crippen LogP contribution in [-0.4, -0.2) is 17.4 Å². The van der Waals surface area contributed by atoms with Crippen LogP contribution in [0.3, 0.4) is 0 Å². The molecule has 3 rings (SSSR count). The Labute approximate surface area is 139 Å². The summed E-state index contributed by atoms with van der Waals surface area (Å²) in [7, 11) is 0. The van der Waals surface area contributed by atoms with Crippen LogP contribution in [0.1, 0.15) is 15.4 Å². The second kappa shape index (κ2) is 6.54. The maximum atomic E-state index is 13.6. The molecule has 0 fully saturated rings. The number of carbonyl (C=O) groups is 1. The molecule has 0 radical (unpaired) electrons. The molecule has 22 heavy (non-hydrogen) atoms. The van der Waals surface area contributed by atoms with Crippen LogP contribution in [0.5, 0.6) is 0 Å². The number of aromatic nitrogens is 1. The minimum absolute atomic E-state index is 0.0404. The Bertz CT molecular complexity index is 801. The lowest BCUT2D eigenvalue weighted by Gasteiger charge is -2.05. The molecule has 0 aliphatic heterocycles. The minimum atomic E-state index is -0.527. The molecule has 0 saturated carbocycles. The highest BCUT2D eigenvalue weighted by molar-refractivity contribution is 9.10. The molecule has 0 aliphatic carbocycles. The normalized spacial score (nSPS) is 10.8. The number of hydrogen-bond donors (Lipinski definition) is 1. The van der Waals surface area contributed by atoms with Crippen molar-refractivity contribution in [2.75, 3.05) is 6.54 Å². The van der Waals surface area contributed by atoms with Gasteiger partial charge in [-0.05, 0) is 30.3 Å². The van der Waals surface area contributed by atoms with E-state index in [9.17, 15) is 9.18 Å². The van der Waals surface area contributed by atoms with E-state index < -0.39 is 11.7 Å². The summed E-state index contributed by atoms with van der Waals surface area (Å²) in [5, 5.41) is 3.68. The molecule has 3 aromatic rings. The van der Waals surface area contributed by atoms with Gasteiger partial charge in [-0.2, -0.15) is 0 Å². The Morgan fingerprint density at radius 1 is 1.27 bits per heavy atom. The minimum Gasteiger partial charge on any atom is -0.352 e. The zero-order chi connectivity index (χ0) is 15.5. The zero-order valence-electron chi connectivity index (χ0n) is 11.5. The Morgan fingerprint density at radius 3 is 2.91 bits per heavy atom. The Hall–Kier alpha value is -1.79. The Morgan fingerprint density at radius 2 is 2.09 bits per heavy atom. The summed E-state index contributed by atoms with van der Waals surface area (Å²) in [5.74, 6) is -0.944. The lowest BCUT2D eigenvalue weighted by molar-refractivity contribution is 0.0950. The number of carbonyl (C=O) groups excluding carboxylic acids is 1. The van der Waals surface area contributed by atoms with Gasteiger partial charge < -0.3 is 5.32 Å². The third-order valence-corrected chi connectivity index (χ3v) is 4.73. The van der Waals surface area contributed by atoms with Crippen LogP contribution < -0.4 is 5.32 Å². The highest BCUT2D eigenvalue weighted by Gasteiger charge is 2.12. The molecular weight excluding hydrogens is 367 g/mol. The molecule has 0 bridgehead atoms. The molecule has 112 valence electrons. The quantitative estimate of drug-likeness (QED) is 0.739. The number of nitrogens with one attached hydrogen (secondary N) is 1. The fourth-order valence-corrected chi connectivity index (χ4v) is 3.40. The van der Waals surface area contributed by atoms with E-state index in [1.54, 1.807) is 17.4 Å². The summed E-state index contributed by atoms with van der Waals surface area (Å²) < 4.78 is 15.4. The van der Waals surface area contributed by atoms with Crippen LogP contribution >= 0.6 is 27.3 Å². The average molecular weight is 379 g/mol. The van der Waals surface area contributed by atoms with Crippen molar-refractivity contribution < 1.29 is 9.18 Å². The Balaban J connectivity index is 1.62. The van der Waals surface area contributed by atoms with Gasteiger partial charge in [-0.25, -0.2) is 9.37 Å². The van der Waals surface area contributed by atoms with E-state index in [1.807, 2.05) is 24.3 Å². The molecule has 0 unspecified atom stereocenters. The van der Waals surface area contributed by atoms with E-state index in [0.717, 1.165) is 15.2 Å². The summed E-state index contributed by atoms with van der Waals surface area (Å²) >= 11 is 4.84. The summed E-state index contributed by atoms with van der Waals surface area (Å²) in [6, 6.07) is 12.2. The first-order valence-electron chi connectivity index (χ1n) is 6.71. The smallest absolute Gasteiger partial charge is 0.254 e. The van der Waals surface area contributed by atoms with Gasteiger partial charge >= 0.3 is 0 Å². The summed E-state index contributed by atoms with van der Waals surface area (Å²) in [6.45, 7) is 0.421. The molecule has 6 heteroatoms. The van der Waals surface area contributed by atoms with Crippen molar-refractivity contribution in [3.05, 3.63) is 63.3 Å². The van der Waals surface area contributed by atoms with E-state index in [2.05, 4.69) is 26.2 Å². The van der Waals surface area contributed by atoms with Crippen LogP contribution in [0.25, 0.3) is 10.2 Å². The predicted octanol–water partition coefficient (Wildman–Crippen LogP) is 4.17. The molecule has 0 spiro atoms. The van der Waals surface area contributed by atoms with Gasteiger partial charge in [0.2, 0.25) is 0 Å². The van der Waals surface area contributed by atoms with Crippen molar-refractivity contribution in [3.63, 3.8) is 0 Å². The number of rotatable bonds is 4. The van der Waals surface area contributed by atoms with Crippen LogP contribution in [-0.2, 0) is 6.42 Å². The van der Waals surface area contributed by atoms with Crippen molar-refractivity contribution in [2.45, 2.75) is 6.42 Å². The molecule has 0 aliphatic rings. The maximum absolute atomic E-state index is 13.6. The molecule has 0 saturated heterocycles. The highest BCUT2D eigenvalue weighted by Crippen LogP contribution is 2.21. The second-order valence-corrected chi connectivity index (χ2v) is 6.74. The number of para-hydroxylation sites is 1. The average Bonchev–Trinajstić information content (AvgIpc) is 2.92. The number of amides is 1. The van der Waals surface area contributed by atoms with Crippen molar-refractivity contribution in [2.24, 2.45) is 0 Å². The molecule has 0 atom stereocenters. The van der Waals surface area contributed by atoms with E-state index >= 15 is 0 Å². The Kier molecular flexibility index (Phi) is 4.49. The molecule has 1 amide bonds. The van der Waals surface area contributed by atoms with Crippen molar-refractivity contribution in [3.8, 4) is 0 Å². The van der Waals surface area contributed by atoms with Crippen molar-refractivity contribution in [1.82, 2.24) is 10.3 Å². The van der Waals surface area contributed by atoms with Crippen LogP contribution in [0.4, 0.5) is 4.39 Å². The van der Waals surface area contributed by atoms with Gasteiger partial charge in [0.25, 0.3) is 5.91 Å². The first-order valence-corrected chi connectivity index (χ1v) is 8.32. The van der Waals surface area contributed by atoms with Gasteiger partial charge in [0.1, 0.15) is 5.82 Å². The van der Waals surface area contributed by atoms with Crippen molar-refractivity contribution >= 4 is 43.4 Å². The third kappa shape index (κ3) is 3.34.